The van der Waals surface area contributed by atoms with E-state index in [2.05, 4.69) is 24.3 Å². The number of ketones is 2. The Morgan fingerprint density at radius 1 is 0.714 bits per heavy atom. The van der Waals surface area contributed by atoms with Crippen molar-refractivity contribution >= 4 is 22.3 Å². The summed E-state index contributed by atoms with van der Waals surface area (Å²) in [7, 11) is 0. The first-order valence-corrected chi connectivity index (χ1v) is 7.62. The molecule has 2 bridgehead atoms. The fourth-order valence-electron chi connectivity index (χ4n) is 5.40. The molecule has 6 rings (SSSR count). The normalized spacial score (nSPS) is 33.5. The van der Waals surface area contributed by atoms with Crippen molar-refractivity contribution in [3.63, 3.8) is 0 Å². The van der Waals surface area contributed by atoms with Gasteiger partial charge in [-0.1, -0.05) is 24.3 Å². The second kappa shape index (κ2) is 3.01. The predicted molar refractivity (Wildman–Crippen MR) is 78.8 cm³/mol. The summed E-state index contributed by atoms with van der Waals surface area (Å²) in [5.74, 6) is 1.74. The number of carbonyl (C=O) groups excluding carboxylic acids is 2. The van der Waals surface area contributed by atoms with Crippen molar-refractivity contribution in [3.8, 4) is 0 Å². The Morgan fingerprint density at radius 3 is 1.76 bits per heavy atom. The zero-order valence-electron chi connectivity index (χ0n) is 11.3. The van der Waals surface area contributed by atoms with E-state index in [1.54, 1.807) is 0 Å². The minimum absolute atomic E-state index is 0.327. The maximum Gasteiger partial charge on any atom is 0.234 e. The van der Waals surface area contributed by atoms with Crippen LogP contribution in [0.25, 0.3) is 10.8 Å². The van der Waals surface area contributed by atoms with E-state index in [0.29, 0.717) is 34.8 Å². The third-order valence-electron chi connectivity index (χ3n) is 6.10. The SMILES string of the molecule is O=C1C(=O)c2ccc3c4c(ccc1c24)C1C2C=CC(C2)C31. The van der Waals surface area contributed by atoms with Gasteiger partial charge in [0.1, 0.15) is 0 Å². The molecule has 0 N–H and O–H groups in total. The van der Waals surface area contributed by atoms with Gasteiger partial charge in [-0.2, -0.15) is 0 Å². The summed E-state index contributed by atoms with van der Waals surface area (Å²) in [5, 5.41) is 2.16. The number of fused-ring (bicyclic) bond motifs is 7. The van der Waals surface area contributed by atoms with Crippen LogP contribution in [0, 0.1) is 11.8 Å². The van der Waals surface area contributed by atoms with Crippen LogP contribution in [0.3, 0.4) is 0 Å². The number of carbonyl (C=O) groups is 2. The van der Waals surface area contributed by atoms with E-state index in [1.165, 1.54) is 22.9 Å². The molecule has 4 unspecified atom stereocenters. The van der Waals surface area contributed by atoms with Crippen molar-refractivity contribution < 1.29 is 9.59 Å². The van der Waals surface area contributed by atoms with E-state index in [-0.39, 0.29) is 11.6 Å². The van der Waals surface area contributed by atoms with Gasteiger partial charge in [0.2, 0.25) is 11.6 Å². The summed E-state index contributed by atoms with van der Waals surface area (Å²) >= 11 is 0. The third kappa shape index (κ3) is 0.936. The van der Waals surface area contributed by atoms with Crippen molar-refractivity contribution in [2.24, 2.45) is 11.8 Å². The molecule has 0 radical (unpaired) electrons. The molecular formula is C19H12O2. The summed E-state index contributed by atoms with van der Waals surface area (Å²) in [6, 6.07) is 7.99. The van der Waals surface area contributed by atoms with Gasteiger partial charge in [0.25, 0.3) is 0 Å². The maximum atomic E-state index is 12.1. The monoisotopic (exact) mass is 272 g/mol. The van der Waals surface area contributed by atoms with Crippen LogP contribution in [0.4, 0.5) is 0 Å². The van der Waals surface area contributed by atoms with Crippen molar-refractivity contribution in [2.45, 2.75) is 18.3 Å². The molecule has 1 fully saturated rings. The molecule has 0 amide bonds. The first-order valence-electron chi connectivity index (χ1n) is 7.62. The second-order valence-electron chi connectivity index (χ2n) is 6.81. The topological polar surface area (TPSA) is 34.1 Å². The number of hydrogen-bond donors (Lipinski definition) is 0. The second-order valence-corrected chi connectivity index (χ2v) is 6.81. The quantitative estimate of drug-likeness (QED) is 0.542. The maximum absolute atomic E-state index is 12.1. The Hall–Kier alpha value is -2.22. The van der Waals surface area contributed by atoms with Crippen molar-refractivity contribution in [1.82, 2.24) is 0 Å². The van der Waals surface area contributed by atoms with Crippen molar-refractivity contribution in [1.29, 1.82) is 0 Å². The predicted octanol–water partition coefficient (Wildman–Crippen LogP) is 3.61. The van der Waals surface area contributed by atoms with E-state index < -0.39 is 0 Å². The van der Waals surface area contributed by atoms with Gasteiger partial charge >= 0.3 is 0 Å². The van der Waals surface area contributed by atoms with Crippen LogP contribution in [0.2, 0.25) is 0 Å². The molecule has 0 aromatic heterocycles. The van der Waals surface area contributed by atoms with Gasteiger partial charge in [-0.3, -0.25) is 9.59 Å². The Kier molecular flexibility index (Phi) is 1.51. The Bertz CT molecular complexity index is 863. The highest BCUT2D eigenvalue weighted by molar-refractivity contribution is 6.57. The molecule has 2 aromatic carbocycles. The molecule has 21 heavy (non-hydrogen) atoms. The largest absolute Gasteiger partial charge is 0.285 e. The van der Waals surface area contributed by atoms with E-state index in [0.717, 1.165) is 5.39 Å². The highest BCUT2D eigenvalue weighted by Crippen LogP contribution is 2.64. The minimum Gasteiger partial charge on any atom is -0.285 e. The van der Waals surface area contributed by atoms with Crippen LogP contribution in [0.15, 0.2) is 36.4 Å². The van der Waals surface area contributed by atoms with Gasteiger partial charge in [0.15, 0.2) is 0 Å². The standard InChI is InChI=1S/C19H12O2/c20-18-12-5-3-10-14-8-1-2-9(7-8)15(14)11-4-6-13(19(18)21)17(12)16(10)11/h1-6,8-9,14-15H,7H2. The molecule has 2 aromatic rings. The average Bonchev–Trinajstić information content (AvgIpc) is 3.22. The number of allylic oxidation sites excluding steroid dienone is 2. The zero-order chi connectivity index (χ0) is 13.9. The van der Waals surface area contributed by atoms with E-state index >= 15 is 0 Å². The van der Waals surface area contributed by atoms with Crippen molar-refractivity contribution in [2.75, 3.05) is 0 Å². The first kappa shape index (κ1) is 10.5. The number of hydrogen-bond acceptors (Lipinski definition) is 2. The summed E-state index contributed by atoms with van der Waals surface area (Å²) in [6.07, 6.45) is 6.00. The molecule has 1 saturated carbocycles. The average molecular weight is 272 g/mol. The summed E-state index contributed by atoms with van der Waals surface area (Å²) < 4.78 is 0. The highest BCUT2D eigenvalue weighted by Gasteiger charge is 2.51. The van der Waals surface area contributed by atoms with Gasteiger partial charge in [-0.15, -0.1) is 0 Å². The lowest BCUT2D eigenvalue weighted by Gasteiger charge is -2.22. The third-order valence-corrected chi connectivity index (χ3v) is 6.10. The fraction of sp³-hybridized carbons (Fsp3) is 0.263. The molecule has 0 saturated heterocycles. The molecule has 100 valence electrons. The fourth-order valence-corrected chi connectivity index (χ4v) is 5.40. The number of Topliss-reactive ketones (excluding diaryl/α,β-unsaturated/α-hetero) is 2. The summed E-state index contributed by atoms with van der Waals surface area (Å²) in [6.45, 7) is 0. The van der Waals surface area contributed by atoms with Gasteiger partial charge in [-0.25, -0.2) is 0 Å². The zero-order valence-corrected chi connectivity index (χ0v) is 11.3. The van der Waals surface area contributed by atoms with Crippen LogP contribution >= 0.6 is 0 Å². The van der Waals surface area contributed by atoms with Crippen molar-refractivity contribution in [3.05, 3.63) is 58.7 Å². The van der Waals surface area contributed by atoms with E-state index in [1.807, 2.05) is 12.1 Å². The van der Waals surface area contributed by atoms with Crippen LogP contribution in [0.1, 0.15) is 50.1 Å². The van der Waals surface area contributed by atoms with E-state index in [9.17, 15) is 9.59 Å². The Morgan fingerprint density at radius 2 is 1.24 bits per heavy atom. The molecule has 4 atom stereocenters. The molecule has 0 aliphatic heterocycles. The smallest absolute Gasteiger partial charge is 0.234 e. The Labute approximate surface area is 121 Å². The Balaban J connectivity index is 1.80. The highest BCUT2D eigenvalue weighted by atomic mass is 16.2. The van der Waals surface area contributed by atoms with Crippen LogP contribution in [0.5, 0.6) is 0 Å². The number of benzene rings is 2. The van der Waals surface area contributed by atoms with Gasteiger partial charge in [0, 0.05) is 16.5 Å². The molecule has 2 nitrogen and oxygen atoms in total. The summed E-state index contributed by atoms with van der Waals surface area (Å²) in [5.41, 5.74) is 3.98. The first-order chi connectivity index (χ1) is 10.3. The van der Waals surface area contributed by atoms with Crippen LogP contribution < -0.4 is 0 Å². The van der Waals surface area contributed by atoms with Crippen LogP contribution in [-0.2, 0) is 0 Å². The molecule has 2 heteroatoms. The molecule has 0 spiro atoms. The van der Waals surface area contributed by atoms with Gasteiger partial charge < -0.3 is 0 Å². The minimum atomic E-state index is -0.327. The molecule has 0 heterocycles. The van der Waals surface area contributed by atoms with Gasteiger partial charge in [-0.05, 0) is 58.7 Å². The van der Waals surface area contributed by atoms with Crippen LogP contribution in [-0.4, -0.2) is 11.6 Å². The molecule has 4 aliphatic carbocycles. The summed E-state index contributed by atoms with van der Waals surface area (Å²) in [4.78, 5) is 24.3. The van der Waals surface area contributed by atoms with E-state index in [4.69, 9.17) is 0 Å². The lowest BCUT2D eigenvalue weighted by atomic mass is 9.81. The molecule has 4 aliphatic rings. The van der Waals surface area contributed by atoms with Gasteiger partial charge in [0.05, 0.1) is 0 Å². The lowest BCUT2D eigenvalue weighted by molar-refractivity contribution is 0.0825. The lowest BCUT2D eigenvalue weighted by Crippen LogP contribution is -2.11. The number of rotatable bonds is 0. The molecular weight excluding hydrogens is 260 g/mol.